The van der Waals surface area contributed by atoms with Crippen LogP contribution in [-0.4, -0.2) is 35.9 Å². The van der Waals surface area contributed by atoms with Crippen molar-refractivity contribution in [2.45, 2.75) is 29.8 Å². The summed E-state index contributed by atoms with van der Waals surface area (Å²) in [6.07, 6.45) is -0.473. The first kappa shape index (κ1) is 22.6. The number of halogens is 1. The molecule has 1 unspecified atom stereocenters. The van der Waals surface area contributed by atoms with Crippen molar-refractivity contribution in [3.05, 3.63) is 58.6 Å². The van der Waals surface area contributed by atoms with E-state index in [-0.39, 0.29) is 17.1 Å². The molecule has 0 saturated heterocycles. The quantitative estimate of drug-likeness (QED) is 0.378. The van der Waals surface area contributed by atoms with Crippen LogP contribution in [0.4, 0.5) is 0 Å². The molecule has 0 aliphatic carbocycles. The summed E-state index contributed by atoms with van der Waals surface area (Å²) in [6.45, 7) is 0.161. The van der Waals surface area contributed by atoms with Crippen molar-refractivity contribution < 1.29 is 27.7 Å². The summed E-state index contributed by atoms with van der Waals surface area (Å²) in [4.78, 5) is 23.2. The van der Waals surface area contributed by atoms with E-state index in [0.29, 0.717) is 0 Å². The maximum Gasteiger partial charge on any atom is 0.298 e. The van der Waals surface area contributed by atoms with Crippen molar-refractivity contribution in [3.8, 4) is 5.75 Å². The second-order valence-corrected chi connectivity index (χ2v) is 8.15. The first-order valence-corrected chi connectivity index (χ1v) is 10.2. The smallest absolute Gasteiger partial charge is 0.298 e. The minimum absolute atomic E-state index is 0.156. The molecule has 0 radical (unpaired) electrons. The molecule has 9 nitrogen and oxygen atoms in total. The number of nitrogens with one attached hydrogen (secondary N) is 1. The topological polar surface area (TPSA) is 173 Å². The highest BCUT2D eigenvalue weighted by Crippen LogP contribution is 2.37. The SMILES string of the molecule is NC(=O)CC(c1cc(Cl)cc(S(=O)(=O)O)c1O)[C@H](N)C(=O)NCc1ccccc1. The Morgan fingerprint density at radius 3 is 2.34 bits per heavy atom. The van der Waals surface area contributed by atoms with Crippen molar-refractivity contribution in [2.75, 3.05) is 0 Å². The van der Waals surface area contributed by atoms with E-state index in [1.807, 2.05) is 6.07 Å². The zero-order chi connectivity index (χ0) is 21.8. The third kappa shape index (κ3) is 5.91. The Kier molecular flexibility index (Phi) is 7.20. The van der Waals surface area contributed by atoms with E-state index in [1.165, 1.54) is 0 Å². The number of aromatic hydroxyl groups is 1. The molecule has 0 aliphatic heterocycles. The summed E-state index contributed by atoms with van der Waals surface area (Å²) < 4.78 is 32.3. The van der Waals surface area contributed by atoms with Gasteiger partial charge in [-0.05, 0) is 17.7 Å². The Bertz CT molecular complexity index is 1010. The first-order chi connectivity index (χ1) is 13.5. The van der Waals surface area contributed by atoms with Crippen LogP contribution >= 0.6 is 11.6 Å². The van der Waals surface area contributed by atoms with Crippen molar-refractivity contribution in [3.63, 3.8) is 0 Å². The van der Waals surface area contributed by atoms with Crippen LogP contribution in [0.15, 0.2) is 47.4 Å². The van der Waals surface area contributed by atoms with Crippen LogP contribution in [-0.2, 0) is 26.3 Å². The van der Waals surface area contributed by atoms with E-state index in [4.69, 9.17) is 23.1 Å². The predicted octanol–water partition coefficient (Wildman–Crippen LogP) is 0.895. The first-order valence-electron chi connectivity index (χ1n) is 8.36. The molecule has 2 rings (SSSR count). The molecule has 0 fully saturated rings. The van der Waals surface area contributed by atoms with Crippen molar-refractivity contribution in [2.24, 2.45) is 11.5 Å². The average Bonchev–Trinajstić information content (AvgIpc) is 2.65. The number of hydrogen-bond donors (Lipinski definition) is 5. The molecule has 0 bridgehead atoms. The standard InChI is InChI=1S/C18H20ClN3O6S/c19-11-6-13(17(24)14(7-11)29(26,27)28)12(8-15(20)23)16(21)18(25)22-9-10-4-2-1-3-5-10/h1-7,12,16,24H,8-9,21H2,(H2,20,23)(H,22,25)(H,26,27,28)/t12?,16-/m0/s1. The van der Waals surface area contributed by atoms with Crippen LogP contribution in [0, 0.1) is 0 Å². The predicted molar refractivity (Wildman–Crippen MR) is 106 cm³/mol. The molecule has 2 aromatic rings. The lowest BCUT2D eigenvalue weighted by atomic mass is 9.87. The summed E-state index contributed by atoms with van der Waals surface area (Å²) in [7, 11) is -4.82. The number of rotatable bonds is 8. The van der Waals surface area contributed by atoms with E-state index in [2.05, 4.69) is 5.32 Å². The molecule has 29 heavy (non-hydrogen) atoms. The van der Waals surface area contributed by atoms with Gasteiger partial charge in [0.15, 0.2) is 0 Å². The Balaban J connectivity index is 2.37. The molecule has 11 heteroatoms. The Morgan fingerprint density at radius 2 is 1.79 bits per heavy atom. The fraction of sp³-hybridized carbons (Fsp3) is 0.222. The molecule has 0 saturated carbocycles. The second-order valence-electron chi connectivity index (χ2n) is 6.32. The fourth-order valence-electron chi connectivity index (χ4n) is 2.81. The maximum atomic E-state index is 12.5. The molecule has 0 aromatic heterocycles. The van der Waals surface area contributed by atoms with Gasteiger partial charge in [-0.25, -0.2) is 0 Å². The molecule has 2 aromatic carbocycles. The van der Waals surface area contributed by atoms with Gasteiger partial charge in [-0.2, -0.15) is 8.42 Å². The van der Waals surface area contributed by atoms with E-state index in [9.17, 15) is 27.7 Å². The van der Waals surface area contributed by atoms with Crippen LogP contribution in [0.3, 0.4) is 0 Å². The van der Waals surface area contributed by atoms with Crippen LogP contribution in [0.5, 0.6) is 5.75 Å². The third-order valence-corrected chi connectivity index (χ3v) is 5.30. The van der Waals surface area contributed by atoms with Crippen LogP contribution in [0.1, 0.15) is 23.5 Å². The lowest BCUT2D eigenvalue weighted by molar-refractivity contribution is -0.123. The number of amides is 2. The van der Waals surface area contributed by atoms with E-state index < -0.39 is 51.0 Å². The van der Waals surface area contributed by atoms with Gasteiger partial charge in [-0.15, -0.1) is 0 Å². The highest BCUT2D eigenvalue weighted by molar-refractivity contribution is 7.86. The number of nitrogens with two attached hydrogens (primary N) is 2. The Hall–Kier alpha value is -2.66. The summed E-state index contributed by atoms with van der Waals surface area (Å²) in [5.74, 6) is -3.56. The number of primary amides is 1. The number of benzene rings is 2. The monoisotopic (exact) mass is 441 g/mol. The normalized spacial score (nSPS) is 13.5. The van der Waals surface area contributed by atoms with Gasteiger partial charge in [0, 0.05) is 29.5 Å². The largest absolute Gasteiger partial charge is 0.506 e. The van der Waals surface area contributed by atoms with Gasteiger partial charge in [0.2, 0.25) is 11.8 Å². The van der Waals surface area contributed by atoms with E-state index in [1.54, 1.807) is 24.3 Å². The maximum absolute atomic E-state index is 12.5. The van der Waals surface area contributed by atoms with Crippen LogP contribution in [0.25, 0.3) is 0 Å². The number of phenolic OH excluding ortho intramolecular Hbond substituents is 1. The summed E-state index contributed by atoms with van der Waals surface area (Å²) in [5, 5.41) is 12.8. The number of carbonyl (C=O) groups is 2. The molecule has 0 heterocycles. The second kappa shape index (κ2) is 9.23. The van der Waals surface area contributed by atoms with Gasteiger partial charge in [0.05, 0.1) is 6.04 Å². The summed E-state index contributed by atoms with van der Waals surface area (Å²) >= 11 is 5.89. The number of carbonyl (C=O) groups excluding carboxylic acids is 2. The summed E-state index contributed by atoms with van der Waals surface area (Å²) in [6, 6.07) is 9.58. The molecular weight excluding hydrogens is 422 g/mol. The lowest BCUT2D eigenvalue weighted by Gasteiger charge is -2.24. The minimum Gasteiger partial charge on any atom is -0.506 e. The molecule has 7 N–H and O–H groups in total. The van der Waals surface area contributed by atoms with Gasteiger partial charge in [0.25, 0.3) is 10.1 Å². The molecule has 156 valence electrons. The van der Waals surface area contributed by atoms with E-state index in [0.717, 1.165) is 17.7 Å². The van der Waals surface area contributed by atoms with Crippen molar-refractivity contribution in [1.29, 1.82) is 0 Å². The van der Waals surface area contributed by atoms with E-state index >= 15 is 0 Å². The lowest BCUT2D eigenvalue weighted by Crippen LogP contribution is -2.45. The van der Waals surface area contributed by atoms with Gasteiger partial charge in [0.1, 0.15) is 10.6 Å². The van der Waals surface area contributed by atoms with Gasteiger partial charge < -0.3 is 21.9 Å². The van der Waals surface area contributed by atoms with Crippen molar-refractivity contribution >= 4 is 33.5 Å². The Labute approximate surface area is 172 Å². The number of phenols is 1. The fourth-order valence-corrected chi connectivity index (χ4v) is 3.74. The highest BCUT2D eigenvalue weighted by Gasteiger charge is 2.32. The Morgan fingerprint density at radius 1 is 1.17 bits per heavy atom. The molecule has 2 atom stereocenters. The number of hydrogen-bond acceptors (Lipinski definition) is 6. The zero-order valence-corrected chi connectivity index (χ0v) is 16.7. The average molecular weight is 442 g/mol. The van der Waals surface area contributed by atoms with Crippen LogP contribution < -0.4 is 16.8 Å². The molecule has 2 amide bonds. The summed E-state index contributed by atoms with van der Waals surface area (Å²) in [5.41, 5.74) is 11.8. The van der Waals surface area contributed by atoms with Crippen LogP contribution in [0.2, 0.25) is 5.02 Å². The van der Waals surface area contributed by atoms with Crippen molar-refractivity contribution in [1.82, 2.24) is 5.32 Å². The zero-order valence-electron chi connectivity index (χ0n) is 15.1. The van der Waals surface area contributed by atoms with Gasteiger partial charge >= 0.3 is 0 Å². The molecule has 0 aliphatic rings. The molecular formula is C18H20ClN3O6S. The highest BCUT2D eigenvalue weighted by atomic mass is 35.5. The minimum atomic E-state index is -4.82. The van der Waals surface area contributed by atoms with Gasteiger partial charge in [-0.3, -0.25) is 14.1 Å². The molecule has 0 spiro atoms. The third-order valence-electron chi connectivity index (χ3n) is 4.21. The van der Waals surface area contributed by atoms with Gasteiger partial charge in [-0.1, -0.05) is 41.9 Å².